The zero-order valence-corrected chi connectivity index (χ0v) is 18.9. The summed E-state index contributed by atoms with van der Waals surface area (Å²) in [7, 11) is 0. The van der Waals surface area contributed by atoms with Gasteiger partial charge in [0.25, 0.3) is 5.69 Å². The molecule has 0 aromatic heterocycles. The first kappa shape index (κ1) is 23.7. The summed E-state index contributed by atoms with van der Waals surface area (Å²) in [6.45, 7) is 2.08. The van der Waals surface area contributed by atoms with Gasteiger partial charge in [-0.15, -0.1) is 0 Å². The number of nitro benzene ring substituents is 1. The quantitative estimate of drug-likeness (QED) is 0.438. The van der Waals surface area contributed by atoms with Crippen molar-refractivity contribution in [3.8, 4) is 0 Å². The van der Waals surface area contributed by atoms with E-state index in [1.165, 1.54) is 11.0 Å². The molecule has 0 bridgehead atoms. The SMILES string of the molecule is CC[C@H](C(=O)NC1CCCC1)N(Cc1ccc(Cl)cc1)C(=O)Cc1ccccc1[N+](=O)[O-]. The van der Waals surface area contributed by atoms with Crippen LogP contribution in [0.3, 0.4) is 0 Å². The molecule has 1 saturated carbocycles. The number of hydrogen-bond donors (Lipinski definition) is 1. The number of nitrogens with zero attached hydrogens (tertiary/aromatic N) is 2. The predicted molar refractivity (Wildman–Crippen MR) is 123 cm³/mol. The Kier molecular flexibility index (Phi) is 8.22. The molecule has 32 heavy (non-hydrogen) atoms. The van der Waals surface area contributed by atoms with Gasteiger partial charge in [-0.1, -0.05) is 61.7 Å². The maximum atomic E-state index is 13.4. The van der Waals surface area contributed by atoms with E-state index < -0.39 is 11.0 Å². The summed E-state index contributed by atoms with van der Waals surface area (Å²) in [4.78, 5) is 38.9. The molecule has 2 aromatic carbocycles. The van der Waals surface area contributed by atoms with Crippen LogP contribution in [-0.4, -0.2) is 33.7 Å². The fourth-order valence-corrected chi connectivity index (χ4v) is 4.30. The Morgan fingerprint density at radius 1 is 1.16 bits per heavy atom. The van der Waals surface area contributed by atoms with Crippen molar-refractivity contribution in [2.24, 2.45) is 0 Å². The number of hydrogen-bond acceptors (Lipinski definition) is 4. The highest BCUT2D eigenvalue weighted by Gasteiger charge is 2.31. The molecule has 1 aliphatic carbocycles. The highest BCUT2D eigenvalue weighted by Crippen LogP contribution is 2.23. The number of carbonyl (C=O) groups is 2. The molecule has 2 amide bonds. The zero-order chi connectivity index (χ0) is 23.1. The second-order valence-corrected chi connectivity index (χ2v) is 8.56. The summed E-state index contributed by atoms with van der Waals surface area (Å²) in [5.41, 5.74) is 1.06. The molecule has 0 aliphatic heterocycles. The van der Waals surface area contributed by atoms with Crippen molar-refractivity contribution in [2.75, 3.05) is 0 Å². The van der Waals surface area contributed by atoms with Gasteiger partial charge in [0.2, 0.25) is 11.8 Å². The largest absolute Gasteiger partial charge is 0.352 e. The molecule has 170 valence electrons. The van der Waals surface area contributed by atoms with E-state index in [9.17, 15) is 19.7 Å². The minimum Gasteiger partial charge on any atom is -0.352 e. The fraction of sp³-hybridized carbons (Fsp3) is 0.417. The monoisotopic (exact) mass is 457 g/mol. The third kappa shape index (κ3) is 6.07. The third-order valence-corrected chi connectivity index (χ3v) is 6.14. The first-order valence-corrected chi connectivity index (χ1v) is 11.3. The first-order valence-electron chi connectivity index (χ1n) is 11.0. The van der Waals surface area contributed by atoms with Gasteiger partial charge < -0.3 is 10.2 Å². The van der Waals surface area contributed by atoms with Crippen LogP contribution in [0.5, 0.6) is 0 Å². The lowest BCUT2D eigenvalue weighted by Crippen LogP contribution is -2.51. The Hall–Kier alpha value is -2.93. The molecule has 0 spiro atoms. The summed E-state index contributed by atoms with van der Waals surface area (Å²) < 4.78 is 0. The van der Waals surface area contributed by atoms with Crippen LogP contribution in [0.15, 0.2) is 48.5 Å². The third-order valence-electron chi connectivity index (χ3n) is 5.88. The highest BCUT2D eigenvalue weighted by atomic mass is 35.5. The van der Waals surface area contributed by atoms with Gasteiger partial charge in [0, 0.05) is 29.2 Å². The maximum absolute atomic E-state index is 13.4. The van der Waals surface area contributed by atoms with Crippen molar-refractivity contribution in [3.63, 3.8) is 0 Å². The van der Waals surface area contributed by atoms with Gasteiger partial charge in [-0.05, 0) is 37.0 Å². The van der Waals surface area contributed by atoms with E-state index in [-0.39, 0.29) is 36.5 Å². The minimum atomic E-state index is -0.665. The van der Waals surface area contributed by atoms with Gasteiger partial charge in [0.15, 0.2) is 0 Å². The van der Waals surface area contributed by atoms with Crippen molar-refractivity contribution in [3.05, 3.63) is 74.8 Å². The lowest BCUT2D eigenvalue weighted by molar-refractivity contribution is -0.385. The van der Waals surface area contributed by atoms with Crippen LogP contribution in [0, 0.1) is 10.1 Å². The standard InChI is InChI=1S/C24H28ClN3O4/c1-2-21(24(30)26-20-8-4-5-9-20)27(16-17-11-13-19(25)14-12-17)23(29)15-18-7-3-6-10-22(18)28(31)32/h3,6-7,10-14,20-21H,2,4-5,8-9,15-16H2,1H3,(H,26,30)/t21-/m1/s1. The van der Waals surface area contributed by atoms with Crippen LogP contribution in [0.4, 0.5) is 5.69 Å². The number of rotatable bonds is 9. The Morgan fingerprint density at radius 3 is 2.44 bits per heavy atom. The van der Waals surface area contributed by atoms with Crippen LogP contribution in [-0.2, 0) is 22.6 Å². The molecule has 0 heterocycles. The summed E-state index contributed by atoms with van der Waals surface area (Å²) in [6, 6.07) is 12.8. The van der Waals surface area contributed by atoms with Crippen molar-refractivity contribution >= 4 is 29.1 Å². The number of halogens is 1. The lowest BCUT2D eigenvalue weighted by Gasteiger charge is -2.31. The summed E-state index contributed by atoms with van der Waals surface area (Å²) >= 11 is 5.99. The van der Waals surface area contributed by atoms with Crippen LogP contribution < -0.4 is 5.32 Å². The van der Waals surface area contributed by atoms with Crippen molar-refractivity contribution in [2.45, 2.75) is 64.1 Å². The minimum absolute atomic E-state index is 0.101. The topological polar surface area (TPSA) is 92.6 Å². The second-order valence-electron chi connectivity index (χ2n) is 8.12. The van der Waals surface area contributed by atoms with Gasteiger partial charge in [0.05, 0.1) is 11.3 Å². The Morgan fingerprint density at radius 2 is 1.81 bits per heavy atom. The molecule has 0 saturated heterocycles. The average Bonchev–Trinajstić information content (AvgIpc) is 3.28. The fourth-order valence-electron chi connectivity index (χ4n) is 4.18. The molecule has 2 aromatic rings. The predicted octanol–water partition coefficient (Wildman–Crippen LogP) is 4.66. The van der Waals surface area contributed by atoms with Gasteiger partial charge in [0.1, 0.15) is 6.04 Å². The molecule has 0 unspecified atom stereocenters. The number of nitrogens with one attached hydrogen (secondary N) is 1. The van der Waals surface area contributed by atoms with Crippen molar-refractivity contribution < 1.29 is 14.5 Å². The van der Waals surface area contributed by atoms with E-state index in [0.717, 1.165) is 31.2 Å². The van der Waals surface area contributed by atoms with Crippen LogP contribution in [0.25, 0.3) is 0 Å². The summed E-state index contributed by atoms with van der Waals surface area (Å²) in [6.07, 6.45) is 4.36. The molecule has 3 rings (SSSR count). The normalized spacial score (nSPS) is 14.7. The van der Waals surface area contributed by atoms with Gasteiger partial charge in [-0.25, -0.2) is 0 Å². The van der Waals surface area contributed by atoms with E-state index in [1.807, 2.05) is 19.1 Å². The average molecular weight is 458 g/mol. The first-order chi connectivity index (χ1) is 15.4. The van der Waals surface area contributed by atoms with E-state index >= 15 is 0 Å². The molecule has 1 fully saturated rings. The molecule has 1 atom stereocenters. The summed E-state index contributed by atoms with van der Waals surface area (Å²) in [5, 5.41) is 15.1. The Bertz CT molecular complexity index is 958. The highest BCUT2D eigenvalue weighted by molar-refractivity contribution is 6.30. The van der Waals surface area contributed by atoms with Crippen LogP contribution in [0.2, 0.25) is 5.02 Å². The van der Waals surface area contributed by atoms with Crippen molar-refractivity contribution in [1.82, 2.24) is 10.2 Å². The number of nitro groups is 1. The Labute approximate surface area is 192 Å². The van der Waals surface area contributed by atoms with Crippen LogP contribution >= 0.6 is 11.6 Å². The smallest absolute Gasteiger partial charge is 0.273 e. The Balaban J connectivity index is 1.86. The molecule has 1 aliphatic rings. The van der Waals surface area contributed by atoms with E-state index in [0.29, 0.717) is 17.0 Å². The maximum Gasteiger partial charge on any atom is 0.273 e. The van der Waals surface area contributed by atoms with Gasteiger partial charge >= 0.3 is 0 Å². The number of carbonyl (C=O) groups excluding carboxylic acids is 2. The van der Waals surface area contributed by atoms with Crippen LogP contribution in [0.1, 0.15) is 50.2 Å². The lowest BCUT2D eigenvalue weighted by atomic mass is 10.0. The van der Waals surface area contributed by atoms with Gasteiger partial charge in [-0.2, -0.15) is 0 Å². The molecule has 0 radical (unpaired) electrons. The molecule has 8 heteroatoms. The number of amides is 2. The van der Waals surface area contributed by atoms with E-state index in [4.69, 9.17) is 11.6 Å². The zero-order valence-electron chi connectivity index (χ0n) is 18.1. The molecule has 7 nitrogen and oxygen atoms in total. The second kappa shape index (κ2) is 11.1. The number of para-hydroxylation sites is 1. The van der Waals surface area contributed by atoms with Crippen molar-refractivity contribution in [1.29, 1.82) is 0 Å². The molecule has 1 N–H and O–H groups in total. The molecular formula is C24H28ClN3O4. The van der Waals surface area contributed by atoms with E-state index in [1.54, 1.807) is 30.3 Å². The van der Waals surface area contributed by atoms with E-state index in [2.05, 4.69) is 5.32 Å². The number of benzene rings is 2. The molecular weight excluding hydrogens is 430 g/mol. The van der Waals surface area contributed by atoms with Gasteiger partial charge in [-0.3, -0.25) is 19.7 Å². The summed E-state index contributed by atoms with van der Waals surface area (Å²) in [5.74, 6) is -0.507.